The van der Waals surface area contributed by atoms with Gasteiger partial charge in [-0.2, -0.15) is 4.31 Å². The lowest BCUT2D eigenvalue weighted by Gasteiger charge is -2.39. The SMILES string of the molecule is COc1ccc(S(=O)(=O)N2CCN(C(=O)CN3CCc4sccc4C3c3cccc(F)c3)CC2)cc1. The maximum atomic E-state index is 14.0. The first-order valence-corrected chi connectivity index (χ1v) is 14.2. The van der Waals surface area contributed by atoms with E-state index in [-0.39, 0.29) is 42.3 Å². The summed E-state index contributed by atoms with van der Waals surface area (Å²) in [6.07, 6.45) is 0.847. The minimum atomic E-state index is -3.64. The molecule has 1 aromatic heterocycles. The Balaban J connectivity index is 1.26. The molecule has 0 bridgehead atoms. The van der Waals surface area contributed by atoms with Gasteiger partial charge in [0.25, 0.3) is 0 Å². The van der Waals surface area contributed by atoms with Crippen LogP contribution >= 0.6 is 11.3 Å². The highest BCUT2D eigenvalue weighted by Crippen LogP contribution is 2.37. The molecule has 3 heterocycles. The Morgan fingerprint density at radius 3 is 2.50 bits per heavy atom. The molecule has 1 atom stereocenters. The molecule has 2 aliphatic rings. The van der Waals surface area contributed by atoms with Crippen LogP contribution in [0.1, 0.15) is 22.0 Å². The average Bonchev–Trinajstić information content (AvgIpc) is 3.37. The van der Waals surface area contributed by atoms with Gasteiger partial charge >= 0.3 is 0 Å². The van der Waals surface area contributed by atoms with E-state index in [1.165, 1.54) is 40.6 Å². The van der Waals surface area contributed by atoms with E-state index in [1.807, 2.05) is 11.4 Å². The summed E-state index contributed by atoms with van der Waals surface area (Å²) in [4.78, 5) is 18.6. The Labute approximate surface area is 214 Å². The fourth-order valence-electron chi connectivity index (χ4n) is 4.95. The van der Waals surface area contributed by atoms with E-state index in [4.69, 9.17) is 4.74 Å². The Hall–Kier alpha value is -2.79. The van der Waals surface area contributed by atoms with Crippen LogP contribution in [0.15, 0.2) is 64.9 Å². The van der Waals surface area contributed by atoms with Crippen molar-refractivity contribution >= 4 is 27.3 Å². The molecule has 190 valence electrons. The molecule has 0 N–H and O–H groups in total. The van der Waals surface area contributed by atoms with E-state index in [0.29, 0.717) is 25.4 Å². The van der Waals surface area contributed by atoms with Crippen LogP contribution in [0.4, 0.5) is 4.39 Å². The van der Waals surface area contributed by atoms with E-state index in [1.54, 1.807) is 34.4 Å². The topological polar surface area (TPSA) is 70.2 Å². The molecule has 2 aromatic carbocycles. The van der Waals surface area contributed by atoms with Crippen molar-refractivity contribution in [2.75, 3.05) is 46.4 Å². The zero-order chi connectivity index (χ0) is 25.3. The lowest BCUT2D eigenvalue weighted by molar-refractivity contribution is -0.134. The van der Waals surface area contributed by atoms with Crippen molar-refractivity contribution in [3.63, 3.8) is 0 Å². The molecular formula is C26H28FN3O4S2. The fraction of sp³-hybridized carbons (Fsp3) is 0.346. The van der Waals surface area contributed by atoms with Crippen LogP contribution in [0.25, 0.3) is 0 Å². The van der Waals surface area contributed by atoms with Crippen molar-refractivity contribution in [3.8, 4) is 5.75 Å². The number of benzene rings is 2. The zero-order valence-corrected chi connectivity index (χ0v) is 21.6. The molecule has 10 heteroatoms. The van der Waals surface area contributed by atoms with Crippen molar-refractivity contribution in [2.24, 2.45) is 0 Å². The van der Waals surface area contributed by atoms with E-state index in [9.17, 15) is 17.6 Å². The normalized spacial score (nSPS) is 19.2. The van der Waals surface area contributed by atoms with Gasteiger partial charge in [0, 0.05) is 37.6 Å². The summed E-state index contributed by atoms with van der Waals surface area (Å²) < 4.78 is 46.7. The Bertz CT molecular complexity index is 1340. The van der Waals surface area contributed by atoms with Crippen molar-refractivity contribution in [1.82, 2.24) is 14.1 Å². The molecule has 2 aliphatic heterocycles. The van der Waals surface area contributed by atoms with Crippen molar-refractivity contribution in [2.45, 2.75) is 17.4 Å². The van der Waals surface area contributed by atoms with Gasteiger partial charge in [0.1, 0.15) is 11.6 Å². The number of hydrogen-bond acceptors (Lipinski definition) is 6. The monoisotopic (exact) mass is 529 g/mol. The van der Waals surface area contributed by atoms with Crippen LogP contribution in [0.2, 0.25) is 0 Å². The predicted octanol–water partition coefficient (Wildman–Crippen LogP) is 3.38. The van der Waals surface area contributed by atoms with Crippen molar-refractivity contribution < 1.29 is 22.3 Å². The highest BCUT2D eigenvalue weighted by Gasteiger charge is 2.34. The number of ether oxygens (including phenoxy) is 1. The maximum Gasteiger partial charge on any atom is 0.243 e. The second kappa shape index (κ2) is 10.3. The first-order valence-electron chi connectivity index (χ1n) is 11.8. The molecule has 1 fully saturated rings. The van der Waals surface area contributed by atoms with Gasteiger partial charge in [-0.15, -0.1) is 11.3 Å². The number of nitrogens with zero attached hydrogens (tertiary/aromatic N) is 3. The summed E-state index contributed by atoms with van der Waals surface area (Å²) >= 11 is 1.69. The van der Waals surface area contributed by atoms with Gasteiger partial charge < -0.3 is 9.64 Å². The van der Waals surface area contributed by atoms with Crippen LogP contribution < -0.4 is 4.74 Å². The van der Waals surface area contributed by atoms with Crippen LogP contribution in [0, 0.1) is 5.82 Å². The molecule has 7 nitrogen and oxygen atoms in total. The Kier molecular flexibility index (Phi) is 7.11. The van der Waals surface area contributed by atoms with E-state index < -0.39 is 10.0 Å². The van der Waals surface area contributed by atoms with Crippen LogP contribution in [0.5, 0.6) is 5.75 Å². The number of carbonyl (C=O) groups is 1. The van der Waals surface area contributed by atoms with E-state index >= 15 is 0 Å². The molecule has 5 rings (SSSR count). The van der Waals surface area contributed by atoms with E-state index in [0.717, 1.165) is 17.5 Å². The number of thiophene rings is 1. The number of methoxy groups -OCH3 is 1. The lowest BCUT2D eigenvalue weighted by Crippen LogP contribution is -2.53. The summed E-state index contributed by atoms with van der Waals surface area (Å²) in [6.45, 7) is 2.03. The number of amides is 1. The second-order valence-corrected chi connectivity index (χ2v) is 11.9. The molecular weight excluding hydrogens is 501 g/mol. The molecule has 0 saturated carbocycles. The Morgan fingerprint density at radius 2 is 1.81 bits per heavy atom. The molecule has 36 heavy (non-hydrogen) atoms. The third-order valence-corrected chi connectivity index (χ3v) is 9.77. The van der Waals surface area contributed by atoms with Gasteiger partial charge in [-0.25, -0.2) is 12.8 Å². The molecule has 0 spiro atoms. The number of hydrogen-bond donors (Lipinski definition) is 0. The lowest BCUT2D eigenvalue weighted by atomic mass is 9.93. The third-order valence-electron chi connectivity index (χ3n) is 6.86. The van der Waals surface area contributed by atoms with Gasteiger partial charge in [0.05, 0.1) is 24.6 Å². The van der Waals surface area contributed by atoms with E-state index in [2.05, 4.69) is 11.0 Å². The van der Waals surface area contributed by atoms with Crippen LogP contribution in [0.3, 0.4) is 0 Å². The quantitative estimate of drug-likeness (QED) is 0.490. The molecule has 0 aliphatic carbocycles. The predicted molar refractivity (Wildman–Crippen MR) is 136 cm³/mol. The Morgan fingerprint density at radius 1 is 1.06 bits per heavy atom. The fourth-order valence-corrected chi connectivity index (χ4v) is 7.28. The first kappa shape index (κ1) is 24.9. The number of fused-ring (bicyclic) bond motifs is 1. The second-order valence-electron chi connectivity index (χ2n) is 8.94. The molecule has 1 saturated heterocycles. The first-order chi connectivity index (χ1) is 17.4. The van der Waals surface area contributed by atoms with Crippen molar-refractivity contribution in [1.29, 1.82) is 0 Å². The summed E-state index contributed by atoms with van der Waals surface area (Å²) in [5, 5.41) is 2.05. The number of halogens is 1. The summed E-state index contributed by atoms with van der Waals surface area (Å²) in [6, 6.07) is 14.8. The molecule has 3 aromatic rings. The highest BCUT2D eigenvalue weighted by molar-refractivity contribution is 7.89. The molecule has 0 radical (unpaired) electrons. The largest absolute Gasteiger partial charge is 0.497 e. The summed E-state index contributed by atoms with van der Waals surface area (Å²) in [7, 11) is -2.11. The summed E-state index contributed by atoms with van der Waals surface area (Å²) in [5.74, 6) is 0.250. The molecule has 1 amide bonds. The third kappa shape index (κ3) is 4.90. The number of rotatable bonds is 6. The van der Waals surface area contributed by atoms with Gasteiger partial charge in [-0.3, -0.25) is 9.69 Å². The molecule has 1 unspecified atom stereocenters. The van der Waals surface area contributed by atoms with Gasteiger partial charge in [0.2, 0.25) is 15.9 Å². The summed E-state index contributed by atoms with van der Waals surface area (Å²) in [5.41, 5.74) is 1.96. The van der Waals surface area contributed by atoms with Gasteiger partial charge in [-0.1, -0.05) is 12.1 Å². The minimum absolute atomic E-state index is 0.0448. The van der Waals surface area contributed by atoms with Gasteiger partial charge in [-0.05, 0) is 65.4 Å². The van der Waals surface area contributed by atoms with Crippen molar-refractivity contribution in [3.05, 3.63) is 81.8 Å². The number of piperazine rings is 1. The zero-order valence-electron chi connectivity index (χ0n) is 20.0. The van der Waals surface area contributed by atoms with Crippen LogP contribution in [-0.2, 0) is 21.2 Å². The highest BCUT2D eigenvalue weighted by atomic mass is 32.2. The number of sulfonamides is 1. The number of carbonyl (C=O) groups excluding carboxylic acids is 1. The minimum Gasteiger partial charge on any atom is -0.497 e. The average molecular weight is 530 g/mol. The van der Waals surface area contributed by atoms with Crippen LogP contribution in [-0.4, -0.2) is 74.8 Å². The smallest absolute Gasteiger partial charge is 0.243 e. The van der Waals surface area contributed by atoms with Gasteiger partial charge in [0.15, 0.2) is 0 Å². The standard InChI is InChI=1S/C26H28FN3O4S2/c1-34-21-5-7-22(8-6-21)36(32,33)30-14-12-28(13-15-30)25(31)18-29-11-9-24-23(10-16-35-24)26(29)19-3-2-4-20(27)17-19/h2-8,10,16-17,26H,9,11-15,18H2,1H3. The maximum absolute atomic E-state index is 14.0.